The Hall–Kier alpha value is -1.44. The first-order chi connectivity index (χ1) is 12.9. The molecule has 1 amide bonds. The summed E-state index contributed by atoms with van der Waals surface area (Å²) >= 11 is 0. The average Bonchev–Trinajstić information content (AvgIpc) is 2.68. The van der Waals surface area contributed by atoms with Crippen LogP contribution in [0.3, 0.4) is 0 Å². The van der Waals surface area contributed by atoms with E-state index in [2.05, 4.69) is 17.6 Å². The number of piperidine rings is 1. The van der Waals surface area contributed by atoms with Crippen molar-refractivity contribution in [1.82, 2.24) is 14.9 Å². The van der Waals surface area contributed by atoms with E-state index >= 15 is 0 Å². The lowest BCUT2D eigenvalue weighted by atomic mass is 9.84. The first kappa shape index (κ1) is 21.9. The number of carbonyl (C=O) groups is 1. The van der Waals surface area contributed by atoms with E-state index in [1.54, 1.807) is 24.3 Å². The molecule has 1 aromatic rings. The van der Waals surface area contributed by atoms with Crippen LogP contribution < -0.4 is 10.6 Å². The van der Waals surface area contributed by atoms with Gasteiger partial charge >= 0.3 is 0 Å². The van der Waals surface area contributed by atoms with Gasteiger partial charge in [0.2, 0.25) is 15.9 Å². The number of benzene rings is 1. The second-order valence-electron chi connectivity index (χ2n) is 7.28. The Labute approximate surface area is 163 Å². The van der Waals surface area contributed by atoms with Crippen molar-refractivity contribution in [2.24, 2.45) is 11.8 Å². The largest absolute Gasteiger partial charge is 0.352 e. The van der Waals surface area contributed by atoms with Crippen LogP contribution >= 0.6 is 0 Å². The summed E-state index contributed by atoms with van der Waals surface area (Å²) < 4.78 is 26.4. The highest BCUT2D eigenvalue weighted by atomic mass is 32.2. The van der Waals surface area contributed by atoms with Crippen LogP contribution in [0.15, 0.2) is 29.2 Å². The van der Waals surface area contributed by atoms with Crippen LogP contribution in [0.25, 0.3) is 0 Å². The van der Waals surface area contributed by atoms with Gasteiger partial charge in [0.05, 0.1) is 4.90 Å². The molecule has 0 saturated carbocycles. The molecule has 1 fully saturated rings. The minimum absolute atomic E-state index is 0.0564. The van der Waals surface area contributed by atoms with E-state index in [0.717, 1.165) is 31.5 Å². The Morgan fingerprint density at radius 2 is 1.78 bits per heavy atom. The van der Waals surface area contributed by atoms with Gasteiger partial charge in [-0.15, -0.1) is 0 Å². The molecule has 0 radical (unpaired) electrons. The van der Waals surface area contributed by atoms with Gasteiger partial charge in [0, 0.05) is 26.1 Å². The topological polar surface area (TPSA) is 78.5 Å². The Bertz CT molecular complexity index is 694. The maximum absolute atomic E-state index is 12.5. The van der Waals surface area contributed by atoms with Crippen LogP contribution in [-0.4, -0.2) is 44.8 Å². The number of hydrogen-bond donors (Lipinski definition) is 2. The van der Waals surface area contributed by atoms with Crippen molar-refractivity contribution in [3.05, 3.63) is 29.8 Å². The van der Waals surface area contributed by atoms with Gasteiger partial charge in [0.15, 0.2) is 0 Å². The SMILES string of the molecule is CCN(CC)S(=O)(=O)c1ccc(CNC(=O)CC(C)C2CCNCC2)cc1. The Morgan fingerprint density at radius 3 is 2.33 bits per heavy atom. The molecule has 27 heavy (non-hydrogen) atoms. The fourth-order valence-electron chi connectivity index (χ4n) is 3.64. The number of nitrogens with one attached hydrogen (secondary N) is 2. The van der Waals surface area contributed by atoms with Crippen LogP contribution in [0, 0.1) is 11.8 Å². The predicted octanol–water partition coefficient (Wildman–Crippen LogP) is 2.36. The molecule has 1 aliphatic rings. The van der Waals surface area contributed by atoms with Crippen molar-refractivity contribution in [1.29, 1.82) is 0 Å². The normalized spacial score (nSPS) is 17.0. The van der Waals surface area contributed by atoms with Gasteiger partial charge in [-0.25, -0.2) is 8.42 Å². The van der Waals surface area contributed by atoms with E-state index < -0.39 is 10.0 Å². The average molecular weight is 396 g/mol. The molecule has 1 atom stereocenters. The molecule has 6 nitrogen and oxygen atoms in total. The highest BCUT2D eigenvalue weighted by molar-refractivity contribution is 7.89. The molecule has 2 N–H and O–H groups in total. The molecule has 0 spiro atoms. The van der Waals surface area contributed by atoms with Crippen molar-refractivity contribution in [2.75, 3.05) is 26.2 Å². The molecule has 7 heteroatoms. The Balaban J connectivity index is 1.86. The van der Waals surface area contributed by atoms with E-state index in [9.17, 15) is 13.2 Å². The molecule has 1 heterocycles. The second kappa shape index (κ2) is 10.2. The monoisotopic (exact) mass is 395 g/mol. The number of hydrogen-bond acceptors (Lipinski definition) is 4. The van der Waals surface area contributed by atoms with Crippen molar-refractivity contribution in [3.63, 3.8) is 0 Å². The fourth-order valence-corrected chi connectivity index (χ4v) is 5.10. The Morgan fingerprint density at radius 1 is 1.19 bits per heavy atom. The van der Waals surface area contributed by atoms with Gasteiger partial charge in [0.1, 0.15) is 0 Å². The molecule has 2 rings (SSSR count). The molecular weight excluding hydrogens is 362 g/mol. The fraction of sp³-hybridized carbons (Fsp3) is 0.650. The number of rotatable bonds is 9. The van der Waals surface area contributed by atoms with E-state index in [1.807, 2.05) is 13.8 Å². The molecule has 0 aliphatic carbocycles. The van der Waals surface area contributed by atoms with Crippen molar-refractivity contribution < 1.29 is 13.2 Å². The van der Waals surface area contributed by atoms with Crippen LogP contribution in [0.1, 0.15) is 45.6 Å². The zero-order chi connectivity index (χ0) is 19.9. The smallest absolute Gasteiger partial charge is 0.243 e. The molecule has 0 aromatic heterocycles. The van der Waals surface area contributed by atoms with Crippen LogP contribution in [0.5, 0.6) is 0 Å². The number of amides is 1. The lowest BCUT2D eigenvalue weighted by Gasteiger charge is -2.27. The lowest BCUT2D eigenvalue weighted by Crippen LogP contribution is -2.33. The molecular formula is C20H33N3O3S. The summed E-state index contributed by atoms with van der Waals surface area (Å²) in [6.07, 6.45) is 2.81. The number of carbonyl (C=O) groups excluding carboxylic acids is 1. The molecule has 1 saturated heterocycles. The summed E-state index contributed by atoms with van der Waals surface area (Å²) in [5.41, 5.74) is 0.899. The molecule has 1 aromatic carbocycles. The maximum Gasteiger partial charge on any atom is 0.243 e. The van der Waals surface area contributed by atoms with Crippen molar-refractivity contribution in [3.8, 4) is 0 Å². The minimum Gasteiger partial charge on any atom is -0.352 e. The van der Waals surface area contributed by atoms with Gasteiger partial charge in [0.25, 0.3) is 0 Å². The lowest BCUT2D eigenvalue weighted by molar-refractivity contribution is -0.122. The van der Waals surface area contributed by atoms with Crippen molar-refractivity contribution in [2.45, 2.75) is 51.5 Å². The summed E-state index contributed by atoms with van der Waals surface area (Å²) in [5.74, 6) is 1.05. The van der Waals surface area contributed by atoms with Crippen LogP contribution in [-0.2, 0) is 21.4 Å². The highest BCUT2D eigenvalue weighted by Crippen LogP contribution is 2.24. The summed E-state index contributed by atoms with van der Waals surface area (Å²) in [6, 6.07) is 6.78. The van der Waals surface area contributed by atoms with E-state index in [0.29, 0.717) is 42.8 Å². The van der Waals surface area contributed by atoms with Crippen LogP contribution in [0.4, 0.5) is 0 Å². The van der Waals surface area contributed by atoms with Gasteiger partial charge in [-0.05, 0) is 55.5 Å². The number of nitrogens with zero attached hydrogens (tertiary/aromatic N) is 1. The van der Waals surface area contributed by atoms with Crippen molar-refractivity contribution >= 4 is 15.9 Å². The third kappa shape index (κ3) is 6.02. The van der Waals surface area contributed by atoms with Crippen LogP contribution in [0.2, 0.25) is 0 Å². The van der Waals surface area contributed by atoms with Gasteiger partial charge in [-0.1, -0.05) is 32.9 Å². The maximum atomic E-state index is 12.5. The predicted molar refractivity (Wildman–Crippen MR) is 108 cm³/mol. The summed E-state index contributed by atoms with van der Waals surface area (Å²) in [7, 11) is -3.44. The zero-order valence-electron chi connectivity index (χ0n) is 16.7. The first-order valence-corrected chi connectivity index (χ1v) is 11.4. The third-order valence-electron chi connectivity index (χ3n) is 5.45. The standard InChI is InChI=1S/C20H33N3O3S/c1-4-23(5-2)27(25,26)19-8-6-17(7-9-19)15-22-20(24)14-16(3)18-10-12-21-13-11-18/h6-9,16,18,21H,4-5,10-15H2,1-3H3,(H,22,24). The summed E-state index contributed by atoms with van der Waals surface area (Å²) in [6.45, 7) is 9.22. The summed E-state index contributed by atoms with van der Waals surface area (Å²) in [4.78, 5) is 12.5. The number of sulfonamides is 1. The van der Waals surface area contributed by atoms with E-state index in [-0.39, 0.29) is 5.91 Å². The van der Waals surface area contributed by atoms with E-state index in [4.69, 9.17) is 0 Å². The molecule has 1 unspecified atom stereocenters. The quantitative estimate of drug-likeness (QED) is 0.673. The molecule has 152 valence electrons. The molecule has 0 bridgehead atoms. The van der Waals surface area contributed by atoms with Gasteiger partial charge in [-0.2, -0.15) is 4.31 Å². The molecule has 1 aliphatic heterocycles. The minimum atomic E-state index is -3.44. The summed E-state index contributed by atoms with van der Waals surface area (Å²) in [5, 5.41) is 6.31. The zero-order valence-corrected chi connectivity index (χ0v) is 17.5. The highest BCUT2D eigenvalue weighted by Gasteiger charge is 2.22. The van der Waals surface area contributed by atoms with Gasteiger partial charge in [-0.3, -0.25) is 4.79 Å². The second-order valence-corrected chi connectivity index (χ2v) is 9.22. The van der Waals surface area contributed by atoms with E-state index in [1.165, 1.54) is 4.31 Å². The Kier molecular flexibility index (Phi) is 8.26. The van der Waals surface area contributed by atoms with Gasteiger partial charge < -0.3 is 10.6 Å². The third-order valence-corrected chi connectivity index (χ3v) is 7.52. The first-order valence-electron chi connectivity index (χ1n) is 9.95.